The van der Waals surface area contributed by atoms with Crippen LogP contribution in [-0.4, -0.2) is 43.7 Å². The zero-order valence-corrected chi connectivity index (χ0v) is 13.4. The van der Waals surface area contributed by atoms with Gasteiger partial charge in [0.1, 0.15) is 0 Å². The lowest BCUT2D eigenvalue weighted by molar-refractivity contribution is 0.108. The lowest BCUT2D eigenvalue weighted by Crippen LogP contribution is -2.36. The van der Waals surface area contributed by atoms with Crippen molar-refractivity contribution < 1.29 is 13.5 Å². The molecule has 6 heteroatoms. The van der Waals surface area contributed by atoms with Crippen LogP contribution < -0.4 is 5.14 Å². The Kier molecular flexibility index (Phi) is 5.03. The molecule has 2 rings (SSSR count). The molecule has 0 bridgehead atoms. The van der Waals surface area contributed by atoms with Crippen LogP contribution in [0.5, 0.6) is 0 Å². The number of aliphatic hydroxyl groups excluding tert-OH is 1. The van der Waals surface area contributed by atoms with Gasteiger partial charge in [-0.05, 0) is 30.9 Å². The van der Waals surface area contributed by atoms with Crippen molar-refractivity contribution in [1.82, 2.24) is 4.90 Å². The van der Waals surface area contributed by atoms with Crippen molar-refractivity contribution in [3.05, 3.63) is 29.8 Å². The molecule has 3 atom stereocenters. The number of primary sulfonamides is 1. The summed E-state index contributed by atoms with van der Waals surface area (Å²) in [4.78, 5) is 2.36. The summed E-state index contributed by atoms with van der Waals surface area (Å²) in [6.07, 6.45) is 0.839. The fraction of sp³-hybridized carbons (Fsp3) is 0.600. The number of aliphatic hydroxyl groups is 1. The van der Waals surface area contributed by atoms with Gasteiger partial charge in [-0.1, -0.05) is 25.1 Å². The molecule has 3 N–H and O–H groups in total. The number of benzene rings is 1. The zero-order valence-electron chi connectivity index (χ0n) is 12.6. The number of hydrogen-bond donors (Lipinski definition) is 2. The average molecular weight is 312 g/mol. The van der Waals surface area contributed by atoms with Gasteiger partial charge in [-0.3, -0.25) is 4.90 Å². The van der Waals surface area contributed by atoms with Crippen molar-refractivity contribution in [1.29, 1.82) is 0 Å². The van der Waals surface area contributed by atoms with E-state index in [-0.39, 0.29) is 4.90 Å². The van der Waals surface area contributed by atoms with Crippen LogP contribution in [0.2, 0.25) is 0 Å². The molecule has 1 aliphatic rings. The molecule has 0 aliphatic carbocycles. The predicted molar refractivity (Wildman–Crippen MR) is 82.3 cm³/mol. The SMILES string of the molecule is CC1CC(C)N(C[C@H](O)Cc2ccccc2S(N)(=O)=O)C1. The first-order valence-corrected chi connectivity index (χ1v) is 8.85. The largest absolute Gasteiger partial charge is 0.391 e. The number of nitrogens with two attached hydrogens (primary N) is 1. The highest BCUT2D eigenvalue weighted by Crippen LogP contribution is 2.23. The van der Waals surface area contributed by atoms with Crippen LogP contribution in [0, 0.1) is 5.92 Å². The first kappa shape index (κ1) is 16.4. The molecule has 118 valence electrons. The number of sulfonamides is 1. The summed E-state index contributed by atoms with van der Waals surface area (Å²) < 4.78 is 23.1. The molecule has 21 heavy (non-hydrogen) atoms. The van der Waals surface area contributed by atoms with Crippen LogP contribution in [0.25, 0.3) is 0 Å². The van der Waals surface area contributed by atoms with Crippen LogP contribution in [0.1, 0.15) is 25.8 Å². The third kappa shape index (κ3) is 4.26. The highest BCUT2D eigenvalue weighted by Gasteiger charge is 2.28. The van der Waals surface area contributed by atoms with E-state index in [9.17, 15) is 13.5 Å². The van der Waals surface area contributed by atoms with Crippen LogP contribution in [0.3, 0.4) is 0 Å². The normalized spacial score (nSPS) is 25.1. The average Bonchev–Trinajstić information content (AvgIpc) is 2.67. The first-order valence-electron chi connectivity index (χ1n) is 7.30. The molecule has 0 spiro atoms. The second kappa shape index (κ2) is 6.44. The molecule has 1 fully saturated rings. The minimum Gasteiger partial charge on any atom is -0.391 e. The zero-order chi connectivity index (χ0) is 15.6. The number of nitrogens with zero attached hydrogens (tertiary/aromatic N) is 1. The fourth-order valence-corrected chi connectivity index (χ4v) is 3.96. The quantitative estimate of drug-likeness (QED) is 0.848. The van der Waals surface area contributed by atoms with Crippen molar-refractivity contribution in [2.24, 2.45) is 11.1 Å². The highest BCUT2D eigenvalue weighted by atomic mass is 32.2. The van der Waals surface area contributed by atoms with Gasteiger partial charge in [0.2, 0.25) is 10.0 Å². The Morgan fingerprint density at radius 1 is 1.38 bits per heavy atom. The van der Waals surface area contributed by atoms with Gasteiger partial charge in [0.25, 0.3) is 0 Å². The Hall–Kier alpha value is -0.950. The predicted octanol–water partition coefficient (Wildman–Crippen LogP) is 0.968. The standard InChI is InChI=1S/C15H24N2O3S/c1-11-7-12(2)17(9-11)10-14(18)8-13-5-3-4-6-15(13)21(16,19)20/h3-6,11-12,14,18H,7-10H2,1-2H3,(H2,16,19,20)/t11?,12?,14-/m1/s1. The van der Waals surface area contributed by atoms with E-state index in [0.29, 0.717) is 30.5 Å². The Morgan fingerprint density at radius 3 is 2.62 bits per heavy atom. The molecule has 1 heterocycles. The summed E-state index contributed by atoms with van der Waals surface area (Å²) >= 11 is 0. The van der Waals surface area contributed by atoms with Crippen molar-refractivity contribution in [2.45, 2.75) is 43.7 Å². The molecule has 2 unspecified atom stereocenters. The first-order chi connectivity index (χ1) is 9.77. The molecular formula is C15H24N2O3S. The molecular weight excluding hydrogens is 288 g/mol. The van der Waals surface area contributed by atoms with E-state index < -0.39 is 16.1 Å². The van der Waals surface area contributed by atoms with Gasteiger partial charge in [-0.25, -0.2) is 13.6 Å². The molecule has 1 aliphatic heterocycles. The van der Waals surface area contributed by atoms with E-state index in [0.717, 1.165) is 13.0 Å². The Labute approximate surface area is 126 Å². The number of hydrogen-bond acceptors (Lipinski definition) is 4. The Bertz CT molecular complexity index is 588. The molecule has 0 amide bonds. The highest BCUT2D eigenvalue weighted by molar-refractivity contribution is 7.89. The third-order valence-electron chi connectivity index (χ3n) is 4.09. The molecule has 5 nitrogen and oxygen atoms in total. The van der Waals surface area contributed by atoms with Gasteiger partial charge in [-0.2, -0.15) is 0 Å². The van der Waals surface area contributed by atoms with Crippen LogP contribution in [0.4, 0.5) is 0 Å². The van der Waals surface area contributed by atoms with Crippen LogP contribution in [0.15, 0.2) is 29.2 Å². The Balaban J connectivity index is 2.05. The second-order valence-electron chi connectivity index (χ2n) is 6.15. The lowest BCUT2D eigenvalue weighted by atomic mass is 10.1. The maximum absolute atomic E-state index is 11.6. The van der Waals surface area contributed by atoms with Crippen LogP contribution in [-0.2, 0) is 16.4 Å². The van der Waals surface area contributed by atoms with E-state index in [1.54, 1.807) is 18.2 Å². The van der Waals surface area contributed by atoms with Crippen molar-refractivity contribution in [3.8, 4) is 0 Å². The molecule has 1 saturated heterocycles. The summed E-state index contributed by atoms with van der Waals surface area (Å²) in [5.74, 6) is 0.643. The van der Waals surface area contributed by atoms with Crippen molar-refractivity contribution >= 4 is 10.0 Å². The maximum Gasteiger partial charge on any atom is 0.238 e. The van der Waals surface area contributed by atoms with Gasteiger partial charge in [0.15, 0.2) is 0 Å². The summed E-state index contributed by atoms with van der Waals surface area (Å²) in [5, 5.41) is 15.5. The third-order valence-corrected chi connectivity index (χ3v) is 5.10. The van der Waals surface area contributed by atoms with Gasteiger partial charge in [0, 0.05) is 25.6 Å². The van der Waals surface area contributed by atoms with Gasteiger partial charge in [-0.15, -0.1) is 0 Å². The maximum atomic E-state index is 11.6. The smallest absolute Gasteiger partial charge is 0.238 e. The molecule has 1 aromatic carbocycles. The van der Waals surface area contributed by atoms with Crippen molar-refractivity contribution in [3.63, 3.8) is 0 Å². The molecule has 1 aromatic rings. The van der Waals surface area contributed by atoms with Gasteiger partial charge >= 0.3 is 0 Å². The number of rotatable bonds is 5. The fourth-order valence-electron chi connectivity index (χ4n) is 3.18. The number of likely N-dealkylation sites (tertiary alicyclic amines) is 1. The van der Waals surface area contributed by atoms with E-state index in [2.05, 4.69) is 18.7 Å². The second-order valence-corrected chi connectivity index (χ2v) is 7.68. The number of β-amino-alcohol motifs (C(OH)–C–C–N with tert-alkyl or cyclic N) is 1. The van der Waals surface area contributed by atoms with Crippen molar-refractivity contribution in [2.75, 3.05) is 13.1 Å². The summed E-state index contributed by atoms with van der Waals surface area (Å²) in [7, 11) is -3.75. The van der Waals surface area contributed by atoms with E-state index in [1.165, 1.54) is 6.07 Å². The Morgan fingerprint density at radius 2 is 2.05 bits per heavy atom. The minimum atomic E-state index is -3.75. The molecule has 0 aromatic heterocycles. The monoisotopic (exact) mass is 312 g/mol. The van der Waals surface area contributed by atoms with Gasteiger partial charge in [0.05, 0.1) is 11.0 Å². The minimum absolute atomic E-state index is 0.104. The topological polar surface area (TPSA) is 83.6 Å². The van der Waals surface area contributed by atoms with Crippen LogP contribution >= 0.6 is 0 Å². The van der Waals surface area contributed by atoms with E-state index >= 15 is 0 Å². The molecule has 0 saturated carbocycles. The summed E-state index contributed by atoms with van der Waals surface area (Å²) in [6, 6.07) is 7.05. The lowest BCUT2D eigenvalue weighted by Gasteiger charge is -2.24. The van der Waals surface area contributed by atoms with Gasteiger partial charge < -0.3 is 5.11 Å². The summed E-state index contributed by atoms with van der Waals surface area (Å²) in [6.45, 7) is 5.91. The van der Waals surface area contributed by atoms with E-state index in [1.807, 2.05) is 0 Å². The van der Waals surface area contributed by atoms with E-state index in [4.69, 9.17) is 5.14 Å². The summed E-state index contributed by atoms with van der Waals surface area (Å²) in [5.41, 5.74) is 0.576. The molecule has 0 radical (unpaired) electrons.